The van der Waals surface area contributed by atoms with Crippen molar-refractivity contribution >= 4 is 32.8 Å². The van der Waals surface area contributed by atoms with Gasteiger partial charge < -0.3 is 10.4 Å². The molecular formula is C27H27F2N5O4S. The van der Waals surface area contributed by atoms with E-state index >= 15 is 0 Å². The van der Waals surface area contributed by atoms with E-state index in [0.717, 1.165) is 53.7 Å². The maximum atomic E-state index is 14.9. The maximum absolute atomic E-state index is 14.9. The quantitative estimate of drug-likeness (QED) is 0.306. The number of carboxylic acid groups (broad SMARTS) is 1. The van der Waals surface area contributed by atoms with Crippen molar-refractivity contribution in [3.8, 4) is 11.4 Å². The van der Waals surface area contributed by atoms with Crippen molar-refractivity contribution in [2.75, 3.05) is 5.32 Å². The van der Waals surface area contributed by atoms with Gasteiger partial charge in [0.2, 0.25) is 0 Å². The summed E-state index contributed by atoms with van der Waals surface area (Å²) in [5.74, 6) is -2.81. The zero-order valence-electron chi connectivity index (χ0n) is 21.4. The van der Waals surface area contributed by atoms with Crippen LogP contribution in [0.1, 0.15) is 44.6 Å². The van der Waals surface area contributed by atoms with Crippen LogP contribution in [0.15, 0.2) is 53.8 Å². The van der Waals surface area contributed by atoms with Crippen molar-refractivity contribution in [2.45, 2.75) is 56.9 Å². The molecule has 1 aromatic carbocycles. The largest absolute Gasteiger partial charge is 0.481 e. The SMILES string of the molecule is Cc1ccc(S(=O)(=O)n2cc(-c3ncc(F)c(NC(CC(=O)O)C4(C)CCCC4)n3)c3cc(F)cnc32)cc1. The Bertz CT molecular complexity index is 1670. The van der Waals surface area contributed by atoms with Crippen LogP contribution in [-0.4, -0.2) is 44.5 Å². The van der Waals surface area contributed by atoms with E-state index in [1.54, 1.807) is 12.1 Å². The third-order valence-electron chi connectivity index (χ3n) is 7.42. The number of pyridine rings is 1. The monoisotopic (exact) mass is 555 g/mol. The molecule has 12 heteroatoms. The average molecular weight is 556 g/mol. The first-order valence-corrected chi connectivity index (χ1v) is 13.9. The number of aromatic nitrogens is 4. The molecule has 1 aliphatic rings. The predicted molar refractivity (Wildman–Crippen MR) is 141 cm³/mol. The lowest BCUT2D eigenvalue weighted by Gasteiger charge is -2.34. The Hall–Kier alpha value is -3.93. The molecule has 5 rings (SSSR count). The molecule has 1 fully saturated rings. The summed E-state index contributed by atoms with van der Waals surface area (Å²) in [7, 11) is -4.13. The van der Waals surface area contributed by atoms with Crippen molar-refractivity contribution < 1.29 is 27.1 Å². The molecule has 1 unspecified atom stereocenters. The molecule has 39 heavy (non-hydrogen) atoms. The fraction of sp³-hybridized carbons (Fsp3) is 0.333. The summed E-state index contributed by atoms with van der Waals surface area (Å²) in [4.78, 5) is 24.0. The molecule has 4 aromatic rings. The molecular weight excluding hydrogens is 528 g/mol. The summed E-state index contributed by atoms with van der Waals surface area (Å²) < 4.78 is 57.1. The Kier molecular flexibility index (Phi) is 6.83. The smallest absolute Gasteiger partial charge is 0.305 e. The number of hydrogen-bond donors (Lipinski definition) is 2. The Morgan fingerprint density at radius 1 is 1.15 bits per heavy atom. The lowest BCUT2D eigenvalue weighted by atomic mass is 9.79. The van der Waals surface area contributed by atoms with E-state index in [1.807, 2.05) is 13.8 Å². The van der Waals surface area contributed by atoms with Gasteiger partial charge in [-0.25, -0.2) is 36.1 Å². The number of rotatable bonds is 8. The number of aryl methyl sites for hydroxylation is 1. The lowest BCUT2D eigenvalue weighted by molar-refractivity contribution is -0.137. The second-order valence-corrected chi connectivity index (χ2v) is 12.0. The molecule has 204 valence electrons. The van der Waals surface area contributed by atoms with Gasteiger partial charge in [-0.15, -0.1) is 0 Å². The Morgan fingerprint density at radius 2 is 1.85 bits per heavy atom. The number of fused-ring (bicyclic) bond motifs is 1. The number of halogens is 2. The first-order valence-electron chi connectivity index (χ1n) is 12.5. The normalized spacial score (nSPS) is 15.9. The number of hydrogen-bond acceptors (Lipinski definition) is 7. The van der Waals surface area contributed by atoms with Crippen LogP contribution >= 0.6 is 0 Å². The minimum Gasteiger partial charge on any atom is -0.481 e. The van der Waals surface area contributed by atoms with E-state index in [-0.39, 0.29) is 45.0 Å². The maximum Gasteiger partial charge on any atom is 0.305 e. The van der Waals surface area contributed by atoms with E-state index in [4.69, 9.17) is 0 Å². The van der Waals surface area contributed by atoms with Crippen LogP contribution in [0.4, 0.5) is 14.6 Å². The summed E-state index contributed by atoms with van der Waals surface area (Å²) in [5, 5.41) is 12.6. The predicted octanol–water partition coefficient (Wildman–Crippen LogP) is 5.15. The second-order valence-electron chi connectivity index (χ2n) is 10.2. The van der Waals surface area contributed by atoms with Gasteiger partial charge in [-0.05, 0) is 43.4 Å². The molecule has 9 nitrogen and oxygen atoms in total. The van der Waals surface area contributed by atoms with E-state index in [0.29, 0.717) is 0 Å². The van der Waals surface area contributed by atoms with Crippen molar-refractivity contribution in [1.29, 1.82) is 0 Å². The number of nitrogens with one attached hydrogen (secondary N) is 1. The fourth-order valence-corrected chi connectivity index (χ4v) is 6.50. The zero-order chi connectivity index (χ0) is 27.9. The van der Waals surface area contributed by atoms with Crippen LogP contribution in [0, 0.1) is 24.0 Å². The molecule has 0 bridgehead atoms. The summed E-state index contributed by atoms with van der Waals surface area (Å²) in [5.41, 5.74) is 0.579. The molecule has 3 aromatic heterocycles. The molecule has 2 N–H and O–H groups in total. The highest BCUT2D eigenvalue weighted by Gasteiger charge is 2.39. The molecule has 0 saturated heterocycles. The molecule has 0 amide bonds. The molecule has 3 heterocycles. The van der Waals surface area contributed by atoms with Crippen LogP contribution in [0.3, 0.4) is 0 Å². The van der Waals surface area contributed by atoms with Crippen LogP contribution in [0.25, 0.3) is 22.4 Å². The number of carboxylic acids is 1. The van der Waals surface area contributed by atoms with Crippen molar-refractivity contribution in [2.24, 2.45) is 5.41 Å². The van der Waals surface area contributed by atoms with Gasteiger partial charge in [-0.2, -0.15) is 0 Å². The fourth-order valence-electron chi connectivity index (χ4n) is 5.18. The summed E-state index contributed by atoms with van der Waals surface area (Å²) >= 11 is 0. The minimum absolute atomic E-state index is 0.00590. The van der Waals surface area contributed by atoms with Gasteiger partial charge in [0.1, 0.15) is 5.82 Å². The topological polar surface area (TPSA) is 127 Å². The molecule has 1 atom stereocenters. The van der Waals surface area contributed by atoms with Gasteiger partial charge in [0, 0.05) is 23.2 Å². The zero-order valence-corrected chi connectivity index (χ0v) is 22.2. The molecule has 1 saturated carbocycles. The van der Waals surface area contributed by atoms with Gasteiger partial charge in [0.05, 0.1) is 23.7 Å². The van der Waals surface area contributed by atoms with Gasteiger partial charge in [-0.1, -0.05) is 37.5 Å². The third kappa shape index (κ3) is 5.08. The summed E-state index contributed by atoms with van der Waals surface area (Å²) in [6.45, 7) is 3.80. The highest BCUT2D eigenvalue weighted by atomic mass is 32.2. The Balaban J connectivity index is 1.61. The van der Waals surface area contributed by atoms with Gasteiger partial charge in [0.25, 0.3) is 10.0 Å². The average Bonchev–Trinajstić information content (AvgIpc) is 3.50. The number of nitrogens with zero attached hydrogens (tertiary/aromatic N) is 4. The lowest BCUT2D eigenvalue weighted by Crippen LogP contribution is -2.39. The number of carbonyl (C=O) groups is 1. The van der Waals surface area contributed by atoms with Gasteiger partial charge in [0.15, 0.2) is 23.1 Å². The van der Waals surface area contributed by atoms with Crippen molar-refractivity contribution in [3.63, 3.8) is 0 Å². The summed E-state index contributed by atoms with van der Waals surface area (Å²) in [6, 6.07) is 6.76. The summed E-state index contributed by atoms with van der Waals surface area (Å²) in [6.07, 6.45) is 6.28. The highest BCUT2D eigenvalue weighted by molar-refractivity contribution is 7.90. The molecule has 0 radical (unpaired) electrons. The standard InChI is InChI=1S/C27H27F2N5O4S/c1-16-5-7-18(8-6-16)39(37,38)34-15-20(19-11-17(28)13-31-26(19)34)24-30-14-21(29)25(33-24)32-22(12-23(35)36)27(2)9-3-4-10-27/h5-8,11,13-15,22H,3-4,9-10,12H2,1-2H3,(H,35,36)(H,30,32,33). The molecule has 0 aliphatic heterocycles. The Labute approximate surface area is 224 Å². The number of anilines is 1. The van der Waals surface area contributed by atoms with Crippen LogP contribution < -0.4 is 5.32 Å². The van der Waals surface area contributed by atoms with Crippen LogP contribution in [0.5, 0.6) is 0 Å². The van der Waals surface area contributed by atoms with Crippen molar-refractivity contribution in [1.82, 2.24) is 18.9 Å². The van der Waals surface area contributed by atoms with E-state index in [2.05, 4.69) is 20.3 Å². The highest BCUT2D eigenvalue weighted by Crippen LogP contribution is 2.43. The Morgan fingerprint density at radius 3 is 2.51 bits per heavy atom. The second kappa shape index (κ2) is 9.99. The van der Waals surface area contributed by atoms with E-state index in [9.17, 15) is 27.1 Å². The number of benzene rings is 1. The minimum atomic E-state index is -4.13. The van der Waals surface area contributed by atoms with Gasteiger partial charge >= 0.3 is 5.97 Å². The van der Waals surface area contributed by atoms with Gasteiger partial charge in [-0.3, -0.25) is 4.79 Å². The van der Waals surface area contributed by atoms with Crippen LogP contribution in [-0.2, 0) is 14.8 Å². The third-order valence-corrected chi connectivity index (χ3v) is 9.08. The first-order chi connectivity index (χ1) is 18.5. The molecule has 0 spiro atoms. The number of aliphatic carboxylic acids is 1. The molecule has 1 aliphatic carbocycles. The van der Waals surface area contributed by atoms with E-state index < -0.39 is 33.7 Å². The van der Waals surface area contributed by atoms with E-state index in [1.165, 1.54) is 18.3 Å². The van der Waals surface area contributed by atoms with Crippen LogP contribution in [0.2, 0.25) is 0 Å². The first kappa shape index (κ1) is 26.7. The van der Waals surface area contributed by atoms with Crippen molar-refractivity contribution in [3.05, 3.63) is 66.1 Å².